The minimum atomic E-state index is 1.10. The summed E-state index contributed by atoms with van der Waals surface area (Å²) in [4.78, 5) is 2.42. The van der Waals surface area contributed by atoms with Gasteiger partial charge in [0.15, 0.2) is 0 Å². The molecule has 2 aromatic heterocycles. The van der Waals surface area contributed by atoms with Gasteiger partial charge >= 0.3 is 0 Å². The first-order valence-electron chi connectivity index (χ1n) is 19.4. The van der Waals surface area contributed by atoms with Crippen LogP contribution < -0.4 is 4.90 Å². The van der Waals surface area contributed by atoms with Crippen molar-refractivity contribution in [2.24, 2.45) is 0 Å². The maximum atomic E-state index is 2.43. The minimum absolute atomic E-state index is 1.10. The van der Waals surface area contributed by atoms with Gasteiger partial charge in [-0.25, -0.2) is 0 Å². The molecule has 0 bridgehead atoms. The van der Waals surface area contributed by atoms with Crippen LogP contribution in [0.2, 0.25) is 0 Å². The number of aromatic nitrogens is 1. The highest BCUT2D eigenvalue weighted by Crippen LogP contribution is 2.46. The molecule has 0 aliphatic rings. The van der Waals surface area contributed by atoms with E-state index in [-0.39, 0.29) is 0 Å². The molecule has 0 aliphatic carbocycles. The smallest absolute Gasteiger partial charge is 0.0541 e. The van der Waals surface area contributed by atoms with Gasteiger partial charge in [-0.3, -0.25) is 0 Å². The lowest BCUT2D eigenvalue weighted by Gasteiger charge is -2.30. The third-order valence-corrected chi connectivity index (χ3v) is 12.3. The highest BCUT2D eigenvalue weighted by atomic mass is 32.1. The summed E-state index contributed by atoms with van der Waals surface area (Å²) in [6, 6.07) is 79.4. The summed E-state index contributed by atoms with van der Waals surface area (Å²) in [5.41, 5.74) is 14.0. The van der Waals surface area contributed by atoms with E-state index in [0.29, 0.717) is 0 Å². The molecule has 0 unspecified atom stereocenters. The Hall–Kier alpha value is -7.20. The Labute approximate surface area is 335 Å². The highest BCUT2D eigenvalue weighted by molar-refractivity contribution is 7.25. The van der Waals surface area contributed by atoms with Crippen molar-refractivity contribution < 1.29 is 0 Å². The van der Waals surface area contributed by atoms with Crippen LogP contribution in [0, 0.1) is 0 Å². The van der Waals surface area contributed by atoms with Crippen molar-refractivity contribution in [2.45, 2.75) is 0 Å². The maximum Gasteiger partial charge on any atom is 0.0541 e. The van der Waals surface area contributed by atoms with Gasteiger partial charge in [0.2, 0.25) is 0 Å². The zero-order chi connectivity index (χ0) is 37.7. The standard InChI is InChI=1S/C54H36N2S/c1-3-16-37(17-4-1)38-18-15-19-39(34-38)43-22-7-11-26-49(43)55(41-20-5-2-6-21-41)50-27-12-8-23-44(50)40-30-33-52-48(35-40)45-24-9-13-28-51(45)56(52)42-31-32-47-46-25-10-14-29-53(46)57-54(47)36-42/h1-36H. The Morgan fingerprint density at radius 1 is 0.333 bits per heavy atom. The normalized spacial score (nSPS) is 11.5. The number of hydrogen-bond acceptors (Lipinski definition) is 2. The van der Waals surface area contributed by atoms with Crippen molar-refractivity contribution in [3.63, 3.8) is 0 Å². The van der Waals surface area contributed by atoms with E-state index in [1.54, 1.807) is 0 Å². The van der Waals surface area contributed by atoms with Gasteiger partial charge in [-0.15, -0.1) is 11.3 Å². The first-order valence-corrected chi connectivity index (χ1v) is 20.2. The van der Waals surface area contributed by atoms with E-state index in [1.807, 2.05) is 11.3 Å². The lowest BCUT2D eigenvalue weighted by Crippen LogP contribution is -2.12. The van der Waals surface area contributed by atoms with E-state index >= 15 is 0 Å². The van der Waals surface area contributed by atoms with Gasteiger partial charge in [0.25, 0.3) is 0 Å². The fraction of sp³-hybridized carbons (Fsp3) is 0. The molecular weight excluding hydrogens is 709 g/mol. The highest BCUT2D eigenvalue weighted by Gasteiger charge is 2.21. The molecule has 0 fully saturated rings. The van der Waals surface area contributed by atoms with Crippen molar-refractivity contribution in [3.05, 3.63) is 218 Å². The molecule has 0 saturated carbocycles. The van der Waals surface area contributed by atoms with Crippen LogP contribution in [0.3, 0.4) is 0 Å². The zero-order valence-electron chi connectivity index (χ0n) is 31.1. The third-order valence-electron chi connectivity index (χ3n) is 11.2. The summed E-state index contributed by atoms with van der Waals surface area (Å²) < 4.78 is 5.06. The molecule has 0 radical (unpaired) electrons. The van der Waals surface area contributed by atoms with Gasteiger partial charge < -0.3 is 9.47 Å². The molecule has 0 amide bonds. The predicted octanol–water partition coefficient (Wildman–Crippen LogP) is 15.6. The van der Waals surface area contributed by atoms with E-state index in [2.05, 4.69) is 228 Å². The summed E-state index contributed by atoms with van der Waals surface area (Å²) in [5, 5.41) is 5.11. The number of rotatable bonds is 7. The molecule has 9 aromatic carbocycles. The van der Waals surface area contributed by atoms with Crippen LogP contribution in [0.15, 0.2) is 218 Å². The molecular formula is C54H36N2S. The fourth-order valence-corrected chi connectivity index (χ4v) is 9.72. The van der Waals surface area contributed by atoms with E-state index in [4.69, 9.17) is 0 Å². The SMILES string of the molecule is c1ccc(-c2cccc(-c3ccccc3N(c3ccccc3)c3ccccc3-c3ccc4c(c3)c3ccccc3n4-c3ccc4c(c3)sc3ccccc34)c2)cc1. The molecule has 11 rings (SSSR count). The molecule has 0 spiro atoms. The van der Waals surface area contributed by atoms with E-state index < -0.39 is 0 Å². The van der Waals surface area contributed by atoms with Crippen LogP contribution in [0.4, 0.5) is 17.1 Å². The number of nitrogens with zero attached hydrogens (tertiary/aromatic N) is 2. The zero-order valence-corrected chi connectivity index (χ0v) is 31.9. The Morgan fingerprint density at radius 3 is 1.70 bits per heavy atom. The van der Waals surface area contributed by atoms with E-state index in [1.165, 1.54) is 81.0 Å². The molecule has 2 heterocycles. The molecule has 0 saturated heterocycles. The van der Waals surface area contributed by atoms with Crippen LogP contribution in [-0.4, -0.2) is 4.57 Å². The predicted molar refractivity (Wildman–Crippen MR) is 245 cm³/mol. The molecule has 57 heavy (non-hydrogen) atoms. The minimum Gasteiger partial charge on any atom is -0.309 e. The lowest BCUT2D eigenvalue weighted by atomic mass is 9.96. The summed E-state index contributed by atoms with van der Waals surface area (Å²) in [6.07, 6.45) is 0. The topological polar surface area (TPSA) is 8.17 Å². The Kier molecular flexibility index (Phi) is 8.04. The van der Waals surface area contributed by atoms with Crippen LogP contribution in [0.1, 0.15) is 0 Å². The van der Waals surface area contributed by atoms with Gasteiger partial charge in [-0.05, 0) is 89.0 Å². The van der Waals surface area contributed by atoms with E-state index in [9.17, 15) is 0 Å². The molecule has 11 aromatic rings. The first kappa shape index (κ1) is 33.2. The van der Waals surface area contributed by atoms with Crippen LogP contribution in [0.25, 0.3) is 81.0 Å². The molecule has 268 valence electrons. The largest absolute Gasteiger partial charge is 0.309 e. The van der Waals surface area contributed by atoms with Crippen molar-refractivity contribution in [1.29, 1.82) is 0 Å². The van der Waals surface area contributed by atoms with E-state index in [0.717, 1.165) is 17.1 Å². The van der Waals surface area contributed by atoms with Gasteiger partial charge in [0.1, 0.15) is 0 Å². The number of anilines is 3. The van der Waals surface area contributed by atoms with Crippen molar-refractivity contribution in [2.75, 3.05) is 4.90 Å². The van der Waals surface area contributed by atoms with Crippen molar-refractivity contribution >= 4 is 70.4 Å². The van der Waals surface area contributed by atoms with Crippen LogP contribution in [0.5, 0.6) is 0 Å². The summed E-state index contributed by atoms with van der Waals surface area (Å²) in [5.74, 6) is 0. The number of benzene rings is 9. The summed E-state index contributed by atoms with van der Waals surface area (Å²) in [6.45, 7) is 0. The fourth-order valence-electron chi connectivity index (χ4n) is 8.58. The Balaban J connectivity index is 1.08. The van der Waals surface area contributed by atoms with Gasteiger partial charge in [0, 0.05) is 53.4 Å². The van der Waals surface area contributed by atoms with Crippen molar-refractivity contribution in [3.8, 4) is 39.1 Å². The molecule has 0 atom stereocenters. The van der Waals surface area contributed by atoms with Crippen molar-refractivity contribution in [1.82, 2.24) is 4.57 Å². The lowest BCUT2D eigenvalue weighted by molar-refractivity contribution is 1.19. The number of fused-ring (bicyclic) bond motifs is 6. The van der Waals surface area contributed by atoms with Gasteiger partial charge in [-0.2, -0.15) is 0 Å². The Morgan fingerprint density at radius 2 is 0.912 bits per heavy atom. The average Bonchev–Trinajstić information content (AvgIpc) is 3.82. The number of hydrogen-bond donors (Lipinski definition) is 0. The maximum absolute atomic E-state index is 2.43. The van der Waals surface area contributed by atoms with Crippen LogP contribution in [-0.2, 0) is 0 Å². The quantitative estimate of drug-likeness (QED) is 0.158. The van der Waals surface area contributed by atoms with Gasteiger partial charge in [-0.1, -0.05) is 152 Å². The second-order valence-electron chi connectivity index (χ2n) is 14.5. The number of para-hydroxylation sites is 4. The second kappa shape index (κ2) is 13.8. The van der Waals surface area contributed by atoms with Crippen LogP contribution >= 0.6 is 11.3 Å². The average molecular weight is 745 g/mol. The molecule has 0 aliphatic heterocycles. The third kappa shape index (κ3) is 5.71. The first-order chi connectivity index (χ1) is 28.3. The monoisotopic (exact) mass is 744 g/mol. The summed E-state index contributed by atoms with van der Waals surface area (Å²) in [7, 11) is 0. The Bertz CT molecular complexity index is 3250. The molecule has 3 heteroatoms. The molecule has 0 N–H and O–H groups in total. The second-order valence-corrected chi connectivity index (χ2v) is 15.6. The molecule has 2 nitrogen and oxygen atoms in total. The number of thiophene rings is 1. The summed E-state index contributed by atoms with van der Waals surface area (Å²) >= 11 is 1.87. The van der Waals surface area contributed by atoms with Gasteiger partial charge in [0.05, 0.1) is 22.4 Å².